The Morgan fingerprint density at radius 3 is 2.59 bits per heavy atom. The van der Waals surface area contributed by atoms with E-state index in [2.05, 4.69) is 19.1 Å². The van der Waals surface area contributed by atoms with Gasteiger partial charge in [-0.15, -0.1) is 0 Å². The van der Waals surface area contributed by atoms with Gasteiger partial charge in [-0.1, -0.05) is 36.6 Å². The van der Waals surface area contributed by atoms with Crippen molar-refractivity contribution in [2.24, 2.45) is 0 Å². The number of fused-ring (bicyclic) bond motifs is 1. The van der Waals surface area contributed by atoms with Gasteiger partial charge < -0.3 is 0 Å². The summed E-state index contributed by atoms with van der Waals surface area (Å²) in [5.41, 5.74) is 2.64. The summed E-state index contributed by atoms with van der Waals surface area (Å²) >= 11 is 0. The first kappa shape index (κ1) is 10.8. The minimum Gasteiger partial charge on any atom is -0.207 e. The van der Waals surface area contributed by atoms with Crippen molar-refractivity contribution in [2.45, 2.75) is 38.5 Å². The largest absolute Gasteiger partial charge is 0.207 e. The van der Waals surface area contributed by atoms with E-state index in [9.17, 15) is 4.39 Å². The molecule has 1 saturated carbocycles. The van der Waals surface area contributed by atoms with Crippen LogP contribution in [0, 0.1) is 12.7 Å². The lowest BCUT2D eigenvalue weighted by molar-refractivity contribution is 0.629. The van der Waals surface area contributed by atoms with Crippen LogP contribution in [0.3, 0.4) is 0 Å². The molecule has 3 rings (SSSR count). The number of rotatable bonds is 1. The Kier molecular flexibility index (Phi) is 2.62. The first-order valence-electron chi connectivity index (χ1n) is 6.44. The van der Waals surface area contributed by atoms with E-state index in [1.165, 1.54) is 42.2 Å². The zero-order chi connectivity index (χ0) is 11.8. The fourth-order valence-electron chi connectivity index (χ4n) is 3.09. The maximum absolute atomic E-state index is 13.4. The monoisotopic (exact) mass is 228 g/mol. The Morgan fingerprint density at radius 1 is 1.06 bits per heavy atom. The second-order valence-electron chi connectivity index (χ2n) is 5.20. The summed E-state index contributed by atoms with van der Waals surface area (Å²) in [6.07, 6.45) is 5.15. The topological polar surface area (TPSA) is 0 Å². The second kappa shape index (κ2) is 4.14. The summed E-state index contributed by atoms with van der Waals surface area (Å²) in [7, 11) is 0. The molecule has 0 amide bonds. The molecule has 1 heteroatoms. The molecule has 2 aromatic rings. The maximum atomic E-state index is 13.4. The van der Waals surface area contributed by atoms with Gasteiger partial charge >= 0.3 is 0 Å². The van der Waals surface area contributed by atoms with Crippen LogP contribution in [0.4, 0.5) is 4.39 Å². The predicted molar refractivity (Wildman–Crippen MR) is 69.9 cm³/mol. The van der Waals surface area contributed by atoms with Gasteiger partial charge in [0.05, 0.1) is 0 Å². The van der Waals surface area contributed by atoms with Crippen LogP contribution in [0.1, 0.15) is 42.7 Å². The first-order valence-corrected chi connectivity index (χ1v) is 6.44. The maximum Gasteiger partial charge on any atom is 0.123 e. The van der Waals surface area contributed by atoms with E-state index in [0.717, 1.165) is 5.39 Å². The number of halogens is 1. The van der Waals surface area contributed by atoms with Gasteiger partial charge in [0.1, 0.15) is 5.82 Å². The van der Waals surface area contributed by atoms with Crippen molar-refractivity contribution in [1.82, 2.24) is 0 Å². The zero-order valence-electron chi connectivity index (χ0n) is 10.2. The number of hydrogen-bond donors (Lipinski definition) is 0. The van der Waals surface area contributed by atoms with Crippen LogP contribution >= 0.6 is 0 Å². The van der Waals surface area contributed by atoms with Crippen molar-refractivity contribution < 1.29 is 4.39 Å². The van der Waals surface area contributed by atoms with Crippen LogP contribution in [0.2, 0.25) is 0 Å². The molecule has 88 valence electrons. The van der Waals surface area contributed by atoms with E-state index in [1.54, 1.807) is 12.1 Å². The molecule has 17 heavy (non-hydrogen) atoms. The Hall–Kier alpha value is -1.37. The molecule has 0 aliphatic heterocycles. The molecule has 0 atom stereocenters. The Morgan fingerprint density at radius 2 is 1.82 bits per heavy atom. The van der Waals surface area contributed by atoms with E-state index in [-0.39, 0.29) is 5.82 Å². The van der Waals surface area contributed by atoms with Crippen LogP contribution in [-0.2, 0) is 0 Å². The molecule has 1 aliphatic rings. The van der Waals surface area contributed by atoms with Crippen LogP contribution < -0.4 is 0 Å². The van der Waals surface area contributed by atoms with Gasteiger partial charge in [0, 0.05) is 0 Å². The molecule has 1 aliphatic carbocycles. The normalized spacial score (nSPS) is 16.8. The minimum absolute atomic E-state index is 0.124. The molecule has 0 nitrogen and oxygen atoms in total. The van der Waals surface area contributed by atoms with E-state index in [4.69, 9.17) is 0 Å². The third kappa shape index (κ3) is 1.95. The van der Waals surface area contributed by atoms with Gasteiger partial charge in [0.2, 0.25) is 0 Å². The van der Waals surface area contributed by atoms with Crippen molar-refractivity contribution in [3.63, 3.8) is 0 Å². The lowest BCUT2D eigenvalue weighted by Crippen LogP contribution is -1.95. The smallest absolute Gasteiger partial charge is 0.123 e. The van der Waals surface area contributed by atoms with Crippen molar-refractivity contribution >= 4 is 10.8 Å². The molecular weight excluding hydrogens is 211 g/mol. The van der Waals surface area contributed by atoms with Gasteiger partial charge in [0.15, 0.2) is 0 Å². The summed E-state index contributed by atoms with van der Waals surface area (Å²) in [6, 6.07) is 9.55. The standard InChI is InChI=1S/C16H17F/c1-11-8-13-6-7-14(17)10-16(13)15(9-11)12-4-2-3-5-12/h6-10,12H,2-5H2,1H3. The third-order valence-corrected chi connectivity index (χ3v) is 3.89. The van der Waals surface area contributed by atoms with Crippen LogP contribution in [-0.4, -0.2) is 0 Å². The molecule has 0 bridgehead atoms. The SMILES string of the molecule is Cc1cc(C2CCCC2)c2cc(F)ccc2c1. The molecule has 2 aromatic carbocycles. The molecule has 0 aromatic heterocycles. The van der Waals surface area contributed by atoms with Gasteiger partial charge in [-0.05, 0) is 54.2 Å². The number of benzene rings is 2. The summed E-state index contributed by atoms with van der Waals surface area (Å²) in [6.45, 7) is 2.13. The molecular formula is C16H17F. The number of aryl methyl sites for hydroxylation is 1. The van der Waals surface area contributed by atoms with Gasteiger partial charge in [-0.3, -0.25) is 0 Å². The summed E-state index contributed by atoms with van der Waals surface area (Å²) in [4.78, 5) is 0. The quantitative estimate of drug-likeness (QED) is 0.648. The molecule has 0 N–H and O–H groups in total. The Bertz CT molecular complexity index is 551. The number of hydrogen-bond acceptors (Lipinski definition) is 0. The second-order valence-corrected chi connectivity index (χ2v) is 5.20. The summed E-state index contributed by atoms with van der Waals surface area (Å²) in [5.74, 6) is 0.514. The van der Waals surface area contributed by atoms with Crippen molar-refractivity contribution in [3.05, 3.63) is 47.3 Å². The highest BCUT2D eigenvalue weighted by Gasteiger charge is 2.19. The molecule has 0 saturated heterocycles. The van der Waals surface area contributed by atoms with Crippen molar-refractivity contribution in [1.29, 1.82) is 0 Å². The lowest BCUT2D eigenvalue weighted by Gasteiger charge is -2.14. The van der Waals surface area contributed by atoms with Crippen LogP contribution in [0.5, 0.6) is 0 Å². The molecule has 0 radical (unpaired) electrons. The lowest BCUT2D eigenvalue weighted by atomic mass is 9.90. The zero-order valence-corrected chi connectivity index (χ0v) is 10.2. The van der Waals surface area contributed by atoms with Crippen molar-refractivity contribution in [2.75, 3.05) is 0 Å². The van der Waals surface area contributed by atoms with Crippen LogP contribution in [0.15, 0.2) is 30.3 Å². The predicted octanol–water partition coefficient (Wildman–Crippen LogP) is 4.94. The van der Waals surface area contributed by atoms with E-state index in [0.29, 0.717) is 5.92 Å². The fraction of sp³-hybridized carbons (Fsp3) is 0.375. The van der Waals surface area contributed by atoms with E-state index in [1.807, 2.05) is 6.07 Å². The van der Waals surface area contributed by atoms with E-state index >= 15 is 0 Å². The van der Waals surface area contributed by atoms with Crippen molar-refractivity contribution in [3.8, 4) is 0 Å². The Balaban J connectivity index is 2.23. The van der Waals surface area contributed by atoms with Gasteiger partial charge in [0.25, 0.3) is 0 Å². The van der Waals surface area contributed by atoms with Gasteiger partial charge in [-0.25, -0.2) is 4.39 Å². The highest BCUT2D eigenvalue weighted by atomic mass is 19.1. The first-order chi connectivity index (χ1) is 8.24. The third-order valence-electron chi connectivity index (χ3n) is 3.89. The molecule has 0 unspecified atom stereocenters. The summed E-state index contributed by atoms with van der Waals surface area (Å²) in [5, 5.41) is 2.29. The average molecular weight is 228 g/mol. The fourth-order valence-corrected chi connectivity index (χ4v) is 3.09. The molecule has 0 heterocycles. The minimum atomic E-state index is -0.124. The highest BCUT2D eigenvalue weighted by Crippen LogP contribution is 2.38. The summed E-state index contributed by atoms with van der Waals surface area (Å²) < 4.78 is 13.4. The highest BCUT2D eigenvalue weighted by molar-refractivity contribution is 5.87. The molecule has 1 fully saturated rings. The van der Waals surface area contributed by atoms with E-state index < -0.39 is 0 Å². The Labute approximate surface area is 101 Å². The average Bonchev–Trinajstić information content (AvgIpc) is 2.82. The van der Waals surface area contributed by atoms with Crippen LogP contribution in [0.25, 0.3) is 10.8 Å². The molecule has 0 spiro atoms. The van der Waals surface area contributed by atoms with Gasteiger partial charge in [-0.2, -0.15) is 0 Å².